The number of nitrogens with one attached hydrogen (secondary N) is 2. The fraction of sp³-hybridized carbons (Fsp3) is 0.287. The zero-order valence-corrected chi connectivity index (χ0v) is 61.9. The van der Waals surface area contributed by atoms with Crippen LogP contribution in [0.3, 0.4) is 0 Å². The summed E-state index contributed by atoms with van der Waals surface area (Å²) >= 11 is 18.1. The number of aromatic nitrogens is 6. The Morgan fingerprint density at radius 3 is 1.22 bits per heavy atom. The van der Waals surface area contributed by atoms with Crippen molar-refractivity contribution >= 4 is 88.1 Å². The molecule has 0 atom stereocenters. The predicted octanol–water partition coefficient (Wildman–Crippen LogP) is 17.5. The molecular formula is C80H86Cl3N9O11. The number of methoxy groups -OCH3 is 2. The second-order valence-electron chi connectivity index (χ2n) is 26.3. The Morgan fingerprint density at radius 2 is 0.845 bits per heavy atom. The monoisotopic (exact) mass is 1450 g/mol. The second kappa shape index (κ2) is 36.0. The zero-order chi connectivity index (χ0) is 74.7. The van der Waals surface area contributed by atoms with Crippen LogP contribution < -0.4 is 25.8 Å². The van der Waals surface area contributed by atoms with Gasteiger partial charge in [0.15, 0.2) is 0 Å². The zero-order valence-electron chi connectivity index (χ0n) is 59.7. The van der Waals surface area contributed by atoms with E-state index in [4.69, 9.17) is 59.5 Å². The molecule has 0 fully saturated rings. The summed E-state index contributed by atoms with van der Waals surface area (Å²) in [4.78, 5) is 76.7. The Morgan fingerprint density at radius 1 is 0.476 bits per heavy atom. The summed E-state index contributed by atoms with van der Waals surface area (Å²) in [5.41, 5.74) is 15.4. The van der Waals surface area contributed by atoms with Crippen molar-refractivity contribution in [2.24, 2.45) is 0 Å². The van der Waals surface area contributed by atoms with Crippen LogP contribution in [0.4, 0.5) is 27.0 Å². The molecule has 7 aromatic carbocycles. The van der Waals surface area contributed by atoms with E-state index >= 15 is 0 Å². The molecule has 3 heterocycles. The van der Waals surface area contributed by atoms with Gasteiger partial charge in [-0.3, -0.25) is 25.0 Å². The quantitative estimate of drug-likeness (QED) is 0.0235. The number of hydrogen-bond donors (Lipinski definition) is 4. The Bertz CT molecular complexity index is 4580. The number of ether oxygens (including phenoxy) is 4. The molecule has 0 saturated carbocycles. The lowest BCUT2D eigenvalue weighted by molar-refractivity contribution is -0.107. The molecule has 0 unspecified atom stereocenters. The van der Waals surface area contributed by atoms with Gasteiger partial charge in [0.05, 0.1) is 31.3 Å². The maximum atomic E-state index is 13.4. The number of hydrogen-bond acceptors (Lipinski definition) is 15. The molecule has 103 heavy (non-hydrogen) atoms. The first-order chi connectivity index (χ1) is 49.1. The molecule has 0 saturated heterocycles. The number of benzene rings is 7. The maximum absolute atomic E-state index is 13.4. The number of ketones is 3. The molecule has 0 aliphatic rings. The highest BCUT2D eigenvalue weighted by Gasteiger charge is 2.30. The number of aldehydes is 1. The third kappa shape index (κ3) is 21.6. The van der Waals surface area contributed by atoms with Gasteiger partial charge >= 0.3 is 12.2 Å². The van der Waals surface area contributed by atoms with Crippen LogP contribution in [0.5, 0.6) is 11.5 Å². The molecule has 3 aromatic heterocycles. The number of aryl methyl sites for hydroxylation is 4. The van der Waals surface area contributed by atoms with Gasteiger partial charge in [0.2, 0.25) is 17.3 Å². The van der Waals surface area contributed by atoms with E-state index in [-0.39, 0.29) is 54.0 Å². The minimum absolute atomic E-state index is 0.0732. The Balaban J connectivity index is 0.000000196. The maximum Gasteiger partial charge on any atom is 0.413 e. The molecule has 10 rings (SSSR count). The van der Waals surface area contributed by atoms with Crippen molar-refractivity contribution in [2.45, 2.75) is 131 Å². The number of amides is 2. The van der Waals surface area contributed by atoms with E-state index in [1.807, 2.05) is 99.6 Å². The third-order valence-corrected chi connectivity index (χ3v) is 16.7. The number of aliphatic hydroxyl groups excluding tert-OH is 1. The summed E-state index contributed by atoms with van der Waals surface area (Å²) in [7, 11) is 3.32. The van der Waals surface area contributed by atoms with Crippen LogP contribution in [0.1, 0.15) is 161 Å². The number of carbonyl (C=O) groups excluding carboxylic acids is 6. The largest absolute Gasteiger partial charge is 0.497 e. The Hall–Kier alpha value is -10.4. The van der Waals surface area contributed by atoms with Gasteiger partial charge in [0.25, 0.3) is 0 Å². The van der Waals surface area contributed by atoms with Crippen molar-refractivity contribution in [1.82, 2.24) is 29.3 Å². The minimum atomic E-state index is -0.723. The van der Waals surface area contributed by atoms with Crippen LogP contribution in [-0.2, 0) is 40.0 Å². The molecule has 20 nitrogen and oxygen atoms in total. The normalized spacial score (nSPS) is 11.1. The van der Waals surface area contributed by atoms with Gasteiger partial charge in [0, 0.05) is 67.5 Å². The Labute approximate surface area is 615 Å². The lowest BCUT2D eigenvalue weighted by atomic mass is 9.99. The van der Waals surface area contributed by atoms with Crippen LogP contribution in [0.2, 0.25) is 15.1 Å². The number of nitrogens with two attached hydrogens (primary N) is 1. The Kier molecular flexibility index (Phi) is 27.4. The molecule has 0 aliphatic carbocycles. The standard InChI is InChI=1S/C30H32ClN3O3.C25H28ClN3O4.C25H26ClN3O4/c1-20-9-11-22(12-10-20)29(35)28-26(30(32)34(33-28)24-16-14-23(31)15-17-24)8-6-4-5-7-21-13-18-25(36-2)19-27(21)37-3;2*1-16-7-9-17(10-8-16)22(31)21-20(6-5-15-30)23(27-24(32)33-25(2,3)4)29(28-21)19-13-11-18(26)12-14-19/h9-19H,4-8,32H2,1-3H3;7-14,30H,5-6,15H2,1-4H3,(H,27,32);7-15H,5-6H2,1-4H3,(H,27,32). The summed E-state index contributed by atoms with van der Waals surface area (Å²) in [6.07, 6.45) is 4.88. The molecule has 0 spiro atoms. The second-order valence-corrected chi connectivity index (χ2v) is 27.6. The first-order valence-corrected chi connectivity index (χ1v) is 34.7. The molecule has 0 bridgehead atoms. The van der Waals surface area contributed by atoms with E-state index in [0.29, 0.717) is 90.9 Å². The number of aliphatic hydroxyl groups is 1. The van der Waals surface area contributed by atoms with Gasteiger partial charge in [-0.25, -0.2) is 23.6 Å². The lowest BCUT2D eigenvalue weighted by Crippen LogP contribution is -2.28. The number of nitrogen functional groups attached to an aromatic ring is 1. The summed E-state index contributed by atoms with van der Waals surface area (Å²) in [6.45, 7) is 16.4. The molecule has 23 heteroatoms. The molecule has 5 N–H and O–H groups in total. The summed E-state index contributed by atoms with van der Waals surface area (Å²) in [5.74, 6) is 1.96. The van der Waals surface area contributed by atoms with E-state index < -0.39 is 23.4 Å². The van der Waals surface area contributed by atoms with Crippen LogP contribution >= 0.6 is 34.8 Å². The predicted molar refractivity (Wildman–Crippen MR) is 404 cm³/mol. The number of anilines is 3. The van der Waals surface area contributed by atoms with E-state index in [9.17, 15) is 33.9 Å². The highest BCUT2D eigenvalue weighted by atomic mass is 35.5. The molecule has 538 valence electrons. The van der Waals surface area contributed by atoms with Crippen LogP contribution in [0.15, 0.2) is 164 Å². The highest BCUT2D eigenvalue weighted by molar-refractivity contribution is 6.31. The highest BCUT2D eigenvalue weighted by Crippen LogP contribution is 2.33. The van der Waals surface area contributed by atoms with Gasteiger partial charge in [0.1, 0.15) is 63.5 Å². The first-order valence-electron chi connectivity index (χ1n) is 33.6. The number of rotatable bonds is 25. The van der Waals surface area contributed by atoms with Gasteiger partial charge in [-0.1, -0.05) is 137 Å². The van der Waals surface area contributed by atoms with E-state index in [2.05, 4.69) is 25.9 Å². The minimum Gasteiger partial charge on any atom is -0.497 e. The van der Waals surface area contributed by atoms with E-state index in [1.165, 1.54) is 9.36 Å². The third-order valence-electron chi connectivity index (χ3n) is 16.0. The molecule has 0 radical (unpaired) electrons. The van der Waals surface area contributed by atoms with Crippen molar-refractivity contribution in [1.29, 1.82) is 0 Å². The van der Waals surface area contributed by atoms with Gasteiger partial charge < -0.3 is 34.6 Å². The van der Waals surface area contributed by atoms with Crippen molar-refractivity contribution < 1.29 is 52.8 Å². The van der Waals surface area contributed by atoms with Crippen LogP contribution in [0.25, 0.3) is 17.1 Å². The summed E-state index contributed by atoms with van der Waals surface area (Å²) in [5, 5.41) is 30.4. The molecule has 10 aromatic rings. The average Bonchev–Trinajstić information content (AvgIpc) is 1.64. The summed E-state index contributed by atoms with van der Waals surface area (Å²) in [6, 6.07) is 48.7. The number of unbranched alkanes of at least 4 members (excludes halogenated alkanes) is 2. The van der Waals surface area contributed by atoms with Crippen molar-refractivity contribution in [2.75, 3.05) is 37.2 Å². The van der Waals surface area contributed by atoms with Crippen molar-refractivity contribution in [3.8, 4) is 28.6 Å². The SMILES string of the molecule is COc1ccc(CCCCCc2c(C(=O)c3ccc(C)cc3)nn(-c3ccc(Cl)cc3)c2N)c(OC)c1.Cc1ccc(C(=O)c2nn(-c3ccc(Cl)cc3)c(NC(=O)OC(C)(C)C)c2CCC=O)cc1.Cc1ccc(C(=O)c2nn(-c3ccc(Cl)cc3)c(NC(=O)OC(C)(C)C)c2CCCO)cc1. The fourth-order valence-electron chi connectivity index (χ4n) is 10.8. The average molecular weight is 1460 g/mol. The smallest absolute Gasteiger partial charge is 0.413 e. The molecular weight excluding hydrogens is 1370 g/mol. The number of carbonyl (C=O) groups is 6. The fourth-order valence-corrected chi connectivity index (χ4v) is 11.2. The van der Waals surface area contributed by atoms with Crippen LogP contribution in [0, 0.1) is 20.8 Å². The summed E-state index contributed by atoms with van der Waals surface area (Å²) < 4.78 is 26.2. The van der Waals surface area contributed by atoms with Crippen molar-refractivity contribution in [3.05, 3.63) is 252 Å². The lowest BCUT2D eigenvalue weighted by Gasteiger charge is -2.20. The molecule has 2 amide bonds. The van der Waals surface area contributed by atoms with Crippen LogP contribution in [-0.4, -0.2) is 102 Å². The topological polar surface area (TPSA) is 263 Å². The van der Waals surface area contributed by atoms with Gasteiger partial charge in [-0.15, -0.1) is 0 Å². The van der Waals surface area contributed by atoms with Gasteiger partial charge in [-0.05, 0) is 192 Å². The first kappa shape index (κ1) is 78.3. The van der Waals surface area contributed by atoms with Gasteiger partial charge in [-0.2, -0.15) is 15.3 Å². The van der Waals surface area contributed by atoms with E-state index in [1.54, 1.807) is 145 Å². The van der Waals surface area contributed by atoms with E-state index in [0.717, 1.165) is 77.0 Å². The number of nitrogens with zero attached hydrogens (tertiary/aromatic N) is 6. The van der Waals surface area contributed by atoms with Crippen molar-refractivity contribution in [3.63, 3.8) is 0 Å². The number of halogens is 3. The molecule has 0 aliphatic heterocycles.